The van der Waals surface area contributed by atoms with Crippen molar-refractivity contribution in [3.63, 3.8) is 0 Å². The van der Waals surface area contributed by atoms with Gasteiger partial charge in [-0.1, -0.05) is 36.8 Å². The smallest absolute Gasteiger partial charge is 0.318 e. The zero-order valence-corrected chi connectivity index (χ0v) is 23.6. The molecule has 1 aliphatic heterocycles. The Balaban J connectivity index is 1.33. The second-order valence-corrected chi connectivity index (χ2v) is 10.6. The third kappa shape index (κ3) is 5.48. The number of rotatable bonds is 7. The summed E-state index contributed by atoms with van der Waals surface area (Å²) in [6.07, 6.45) is 7.39. The molecule has 0 bridgehead atoms. The van der Waals surface area contributed by atoms with Gasteiger partial charge in [0.25, 0.3) is 5.91 Å². The first-order valence-electron chi connectivity index (χ1n) is 14.2. The van der Waals surface area contributed by atoms with Gasteiger partial charge in [-0.25, -0.2) is 8.78 Å². The van der Waals surface area contributed by atoms with Crippen molar-refractivity contribution in [1.82, 2.24) is 24.8 Å². The van der Waals surface area contributed by atoms with Gasteiger partial charge in [0.2, 0.25) is 0 Å². The predicted molar refractivity (Wildman–Crippen MR) is 157 cm³/mol. The fraction of sp³-hybridized carbons (Fsp3) is 0.312. The van der Waals surface area contributed by atoms with E-state index in [1.54, 1.807) is 24.4 Å². The number of hydrogen-bond acceptors (Lipinski definition) is 8. The summed E-state index contributed by atoms with van der Waals surface area (Å²) < 4.78 is 36.6. The first-order valence-corrected chi connectivity index (χ1v) is 14.2. The minimum Gasteiger partial charge on any atom is -0.467 e. The maximum absolute atomic E-state index is 16.2. The number of carbonyl (C=O) groups is 1. The van der Waals surface area contributed by atoms with E-state index in [1.165, 1.54) is 18.2 Å². The Kier molecular flexibility index (Phi) is 7.92. The van der Waals surface area contributed by atoms with Crippen molar-refractivity contribution >= 4 is 28.7 Å². The van der Waals surface area contributed by atoms with Gasteiger partial charge in [-0.2, -0.15) is 15.2 Å². The number of anilines is 1. The van der Waals surface area contributed by atoms with Crippen LogP contribution in [0.15, 0.2) is 60.7 Å². The average molecular weight is 582 g/mol. The van der Waals surface area contributed by atoms with E-state index in [2.05, 4.69) is 26.0 Å². The van der Waals surface area contributed by atoms with E-state index < -0.39 is 23.6 Å². The molecule has 6 rings (SSSR count). The Bertz CT molecular complexity index is 1740. The highest BCUT2D eigenvalue weighted by molar-refractivity contribution is 5.96. The molecule has 11 heteroatoms. The summed E-state index contributed by atoms with van der Waals surface area (Å²) >= 11 is 0. The fourth-order valence-corrected chi connectivity index (χ4v) is 5.71. The predicted octanol–water partition coefficient (Wildman–Crippen LogP) is 5.44. The second kappa shape index (κ2) is 12.1. The molecule has 9 nitrogen and oxygen atoms in total. The molecular formula is C32H29F2N7O2. The number of hydrogen-bond donors (Lipinski definition) is 0. The Morgan fingerprint density at radius 3 is 2.67 bits per heavy atom. The van der Waals surface area contributed by atoms with Crippen LogP contribution in [0, 0.1) is 17.1 Å². The van der Waals surface area contributed by atoms with Crippen LogP contribution in [0.4, 0.5) is 14.6 Å². The number of methoxy groups -OCH3 is 1. The molecule has 1 saturated heterocycles. The highest BCUT2D eigenvalue weighted by Gasteiger charge is 2.34. The number of fused-ring (bicyclic) bond motifs is 1. The lowest BCUT2D eigenvalue weighted by atomic mass is 9.77. The maximum Gasteiger partial charge on any atom is 0.318 e. The Labute approximate surface area is 247 Å². The van der Waals surface area contributed by atoms with E-state index in [4.69, 9.17) is 4.74 Å². The molecule has 43 heavy (non-hydrogen) atoms. The SMILES string of the molecule is COc1nc(N2CCN(C(=O)/C(F)=C/c3ccccn3)C(CC#N)C2)c2cnc(-c3ccccc3C3CCC3)c(F)c2n1. The molecule has 1 atom stereocenters. The number of aromatic nitrogens is 4. The van der Waals surface area contributed by atoms with Crippen LogP contribution in [-0.2, 0) is 4.79 Å². The first kappa shape index (κ1) is 28.2. The quantitative estimate of drug-likeness (QED) is 0.266. The van der Waals surface area contributed by atoms with Gasteiger partial charge >= 0.3 is 6.01 Å². The van der Waals surface area contributed by atoms with E-state index in [-0.39, 0.29) is 43.3 Å². The number of nitrogens with zero attached hydrogens (tertiary/aromatic N) is 7. The van der Waals surface area contributed by atoms with Crippen LogP contribution in [0.1, 0.15) is 42.9 Å². The molecule has 2 fully saturated rings. The molecule has 3 aromatic heterocycles. The topological polar surface area (TPSA) is 108 Å². The Morgan fingerprint density at radius 1 is 1.14 bits per heavy atom. The molecule has 1 unspecified atom stereocenters. The lowest BCUT2D eigenvalue weighted by molar-refractivity contribution is -0.131. The summed E-state index contributed by atoms with van der Waals surface area (Å²) in [4.78, 5) is 33.7. The minimum atomic E-state index is -0.967. The van der Waals surface area contributed by atoms with Crippen LogP contribution in [0.3, 0.4) is 0 Å². The van der Waals surface area contributed by atoms with Crippen LogP contribution in [0.5, 0.6) is 6.01 Å². The molecule has 0 radical (unpaired) electrons. The van der Waals surface area contributed by atoms with Gasteiger partial charge in [-0.05, 0) is 36.5 Å². The highest BCUT2D eigenvalue weighted by Crippen LogP contribution is 2.42. The second-order valence-electron chi connectivity index (χ2n) is 10.6. The standard InChI is InChI=1S/C32H29F2N7O2/c1-43-32-38-29-25(18-37-28(27(29)34)24-11-3-2-10-23(24)20-7-6-8-20)30(39-32)40-15-16-41(22(19-40)12-13-35)31(42)26(33)17-21-9-4-5-14-36-21/h2-5,9-11,14,17-18,20,22H,6-8,12,15-16,19H2,1H3/b26-17-. The number of pyridine rings is 2. The van der Waals surface area contributed by atoms with Gasteiger partial charge < -0.3 is 14.5 Å². The van der Waals surface area contributed by atoms with E-state index in [0.717, 1.165) is 36.5 Å². The zero-order chi connectivity index (χ0) is 29.9. The van der Waals surface area contributed by atoms with Gasteiger partial charge in [0, 0.05) is 43.7 Å². The summed E-state index contributed by atoms with van der Waals surface area (Å²) in [7, 11) is 1.41. The van der Waals surface area contributed by atoms with Crippen LogP contribution >= 0.6 is 0 Å². The van der Waals surface area contributed by atoms with Gasteiger partial charge in [0.15, 0.2) is 11.6 Å². The van der Waals surface area contributed by atoms with E-state index in [1.807, 2.05) is 29.2 Å². The Morgan fingerprint density at radius 2 is 1.95 bits per heavy atom. The Hall–Kier alpha value is -4.98. The number of ether oxygens (including phenoxy) is 1. The molecule has 4 heterocycles. The molecule has 1 amide bonds. The molecular weight excluding hydrogens is 552 g/mol. The van der Waals surface area contributed by atoms with Crippen LogP contribution < -0.4 is 9.64 Å². The molecule has 0 N–H and O–H groups in total. The largest absolute Gasteiger partial charge is 0.467 e. The molecule has 218 valence electrons. The number of amides is 1. The van der Waals surface area contributed by atoms with Crippen molar-refractivity contribution in [2.45, 2.75) is 37.6 Å². The van der Waals surface area contributed by atoms with Gasteiger partial charge in [-0.15, -0.1) is 0 Å². The van der Waals surface area contributed by atoms with Crippen molar-refractivity contribution in [2.24, 2.45) is 0 Å². The number of nitriles is 1. The molecule has 1 aromatic carbocycles. The van der Waals surface area contributed by atoms with Crippen molar-refractivity contribution in [3.05, 3.63) is 77.8 Å². The van der Waals surface area contributed by atoms with Gasteiger partial charge in [0.05, 0.1) is 36.7 Å². The molecule has 0 spiro atoms. The summed E-state index contributed by atoms with van der Waals surface area (Å²) in [5, 5.41) is 9.91. The number of carbonyl (C=O) groups excluding carboxylic acids is 1. The lowest BCUT2D eigenvalue weighted by Gasteiger charge is -2.41. The molecule has 1 saturated carbocycles. The van der Waals surface area contributed by atoms with Crippen LogP contribution in [0.2, 0.25) is 0 Å². The summed E-state index contributed by atoms with van der Waals surface area (Å²) in [6, 6.07) is 14.2. The van der Waals surface area contributed by atoms with E-state index in [0.29, 0.717) is 22.8 Å². The third-order valence-electron chi connectivity index (χ3n) is 8.12. The summed E-state index contributed by atoms with van der Waals surface area (Å²) in [5.74, 6) is -1.62. The monoisotopic (exact) mass is 581 g/mol. The number of piperazine rings is 1. The first-order chi connectivity index (χ1) is 21.0. The van der Waals surface area contributed by atoms with Crippen molar-refractivity contribution in [2.75, 3.05) is 31.6 Å². The lowest BCUT2D eigenvalue weighted by Crippen LogP contribution is -2.55. The minimum absolute atomic E-state index is 0.0227. The fourth-order valence-electron chi connectivity index (χ4n) is 5.71. The van der Waals surface area contributed by atoms with Crippen LogP contribution in [0.25, 0.3) is 28.2 Å². The van der Waals surface area contributed by atoms with Gasteiger partial charge in [0.1, 0.15) is 17.0 Å². The third-order valence-corrected chi connectivity index (χ3v) is 8.12. The van der Waals surface area contributed by atoms with E-state index >= 15 is 4.39 Å². The van der Waals surface area contributed by atoms with Crippen molar-refractivity contribution in [1.29, 1.82) is 5.26 Å². The van der Waals surface area contributed by atoms with Crippen molar-refractivity contribution in [3.8, 4) is 23.3 Å². The van der Waals surface area contributed by atoms with Crippen molar-refractivity contribution < 1.29 is 18.3 Å². The average Bonchev–Trinajstić information content (AvgIpc) is 3.01. The van der Waals surface area contributed by atoms with E-state index in [9.17, 15) is 14.4 Å². The zero-order valence-electron chi connectivity index (χ0n) is 23.6. The van der Waals surface area contributed by atoms with Gasteiger partial charge in [-0.3, -0.25) is 14.8 Å². The maximum atomic E-state index is 16.2. The molecule has 1 aliphatic carbocycles. The number of benzene rings is 1. The molecule has 4 aromatic rings. The molecule has 2 aliphatic rings. The summed E-state index contributed by atoms with van der Waals surface area (Å²) in [6.45, 7) is 0.540. The highest BCUT2D eigenvalue weighted by atomic mass is 19.1. The van der Waals surface area contributed by atoms with Crippen LogP contribution in [-0.4, -0.2) is 63.5 Å². The number of halogens is 2. The summed E-state index contributed by atoms with van der Waals surface area (Å²) in [5.41, 5.74) is 2.41. The normalized spacial score (nSPS) is 17.4.